The topological polar surface area (TPSA) is 148 Å². The Hall–Kier alpha value is -3.25. The Labute approximate surface area is 241 Å². The molecule has 1 saturated carbocycles. The first-order valence-electron chi connectivity index (χ1n) is 14.8. The van der Waals surface area contributed by atoms with E-state index in [0.29, 0.717) is 61.4 Å². The fraction of sp³-hybridized carbons (Fsp3) is 0.586. The van der Waals surface area contributed by atoms with Gasteiger partial charge in [0.1, 0.15) is 6.23 Å². The molecule has 1 saturated heterocycles. The number of imidazole rings is 1. The monoisotopic (exact) mass is 584 g/mol. The van der Waals surface area contributed by atoms with E-state index in [1.807, 2.05) is 4.57 Å². The van der Waals surface area contributed by atoms with Crippen molar-refractivity contribution < 1.29 is 23.1 Å². The number of nitrogens with one attached hydrogen (secondary N) is 2. The van der Waals surface area contributed by atoms with Gasteiger partial charge in [-0.05, 0) is 69.2 Å². The molecule has 2 aromatic heterocycles. The number of nitrogens with zero attached hydrogens (tertiary/aromatic N) is 4. The summed E-state index contributed by atoms with van der Waals surface area (Å²) in [6.07, 6.45) is 13.2. The lowest BCUT2D eigenvalue weighted by Gasteiger charge is -2.25. The van der Waals surface area contributed by atoms with Crippen LogP contribution in [0.3, 0.4) is 0 Å². The van der Waals surface area contributed by atoms with Crippen LogP contribution in [0.4, 0.5) is 17.5 Å². The number of aromatic nitrogens is 4. The Morgan fingerprint density at radius 1 is 0.976 bits per heavy atom. The minimum absolute atomic E-state index is 0.0377. The Bertz CT molecular complexity index is 1410. The molecule has 5 rings (SSSR count). The van der Waals surface area contributed by atoms with Gasteiger partial charge in [0, 0.05) is 24.8 Å². The molecule has 0 bridgehead atoms. The molecule has 1 aromatic carbocycles. The van der Waals surface area contributed by atoms with Crippen LogP contribution in [0, 0.1) is 0 Å². The van der Waals surface area contributed by atoms with Crippen molar-refractivity contribution in [2.75, 3.05) is 23.0 Å². The number of fused-ring (bicyclic) bond motifs is 1. The molecule has 3 N–H and O–H groups in total. The van der Waals surface area contributed by atoms with Crippen molar-refractivity contribution in [3.63, 3.8) is 0 Å². The van der Waals surface area contributed by atoms with Crippen LogP contribution in [-0.4, -0.2) is 57.4 Å². The van der Waals surface area contributed by atoms with Crippen LogP contribution in [0.15, 0.2) is 35.5 Å². The van der Waals surface area contributed by atoms with Crippen molar-refractivity contribution in [2.45, 2.75) is 101 Å². The average molecular weight is 585 g/mol. The predicted molar refractivity (Wildman–Crippen MR) is 157 cm³/mol. The summed E-state index contributed by atoms with van der Waals surface area (Å²) in [4.78, 5) is 25.2. The van der Waals surface area contributed by atoms with Crippen LogP contribution in [0.1, 0.15) is 89.7 Å². The van der Waals surface area contributed by atoms with Crippen molar-refractivity contribution >= 4 is 44.4 Å². The number of benzene rings is 1. The lowest BCUT2D eigenvalue weighted by Crippen LogP contribution is -2.23. The highest BCUT2D eigenvalue weighted by Gasteiger charge is 2.23. The highest BCUT2D eigenvalue weighted by atomic mass is 32.2. The fourth-order valence-electron chi connectivity index (χ4n) is 5.58. The zero-order valence-corrected chi connectivity index (χ0v) is 24.2. The Morgan fingerprint density at radius 3 is 2.46 bits per heavy atom. The molecule has 1 aliphatic heterocycles. The van der Waals surface area contributed by atoms with Gasteiger partial charge >= 0.3 is 5.97 Å². The second kappa shape index (κ2) is 13.6. The number of carboxylic acid groups (broad SMARTS) is 1. The second-order valence-electron chi connectivity index (χ2n) is 11.0. The number of hydrogen-bond acceptors (Lipinski definition) is 9. The highest BCUT2D eigenvalue weighted by Crippen LogP contribution is 2.31. The van der Waals surface area contributed by atoms with Crippen molar-refractivity contribution in [1.29, 1.82) is 0 Å². The Morgan fingerprint density at radius 2 is 1.73 bits per heavy atom. The third-order valence-corrected chi connectivity index (χ3v) is 9.67. The molecule has 0 amide bonds. The molecular formula is C29H40N6O5S. The van der Waals surface area contributed by atoms with Gasteiger partial charge in [0.05, 0.1) is 17.0 Å². The lowest BCUT2D eigenvalue weighted by atomic mass is 9.95. The first kappa shape index (κ1) is 29.2. The summed E-state index contributed by atoms with van der Waals surface area (Å²) >= 11 is 0. The van der Waals surface area contributed by atoms with Gasteiger partial charge in [-0.25, -0.2) is 13.4 Å². The number of carboxylic acids is 1. The molecule has 3 heterocycles. The zero-order chi connectivity index (χ0) is 28.7. The van der Waals surface area contributed by atoms with E-state index in [0.717, 1.165) is 37.6 Å². The first-order chi connectivity index (χ1) is 19.9. The molecule has 2 aliphatic rings. The van der Waals surface area contributed by atoms with Gasteiger partial charge in [0.2, 0.25) is 5.95 Å². The summed E-state index contributed by atoms with van der Waals surface area (Å²) in [6.45, 7) is 0.716. The van der Waals surface area contributed by atoms with Crippen LogP contribution in [-0.2, 0) is 19.4 Å². The van der Waals surface area contributed by atoms with Gasteiger partial charge < -0.3 is 20.5 Å². The molecule has 3 aromatic rings. The fourth-order valence-corrected chi connectivity index (χ4v) is 6.95. The van der Waals surface area contributed by atoms with Gasteiger partial charge in [-0.1, -0.05) is 32.1 Å². The number of sulfone groups is 1. The van der Waals surface area contributed by atoms with Crippen molar-refractivity contribution in [3.05, 3.63) is 30.6 Å². The van der Waals surface area contributed by atoms with E-state index < -0.39 is 15.8 Å². The smallest absolute Gasteiger partial charge is 0.303 e. The number of unbranched alkanes of at least 4 members (excludes halogenated alkanes) is 3. The van der Waals surface area contributed by atoms with E-state index in [9.17, 15) is 13.2 Å². The molecule has 12 heteroatoms. The maximum absolute atomic E-state index is 12.8. The van der Waals surface area contributed by atoms with Crippen LogP contribution in [0.25, 0.3) is 11.2 Å². The van der Waals surface area contributed by atoms with E-state index in [1.54, 1.807) is 30.6 Å². The van der Waals surface area contributed by atoms with E-state index in [4.69, 9.17) is 19.8 Å². The lowest BCUT2D eigenvalue weighted by molar-refractivity contribution is -0.137. The maximum Gasteiger partial charge on any atom is 0.303 e. The number of carbonyl (C=O) groups is 1. The van der Waals surface area contributed by atoms with Gasteiger partial charge in [0.15, 0.2) is 26.8 Å². The second-order valence-corrected chi connectivity index (χ2v) is 13.2. The molecule has 1 atom stereocenters. The molecule has 222 valence electrons. The molecular weight excluding hydrogens is 544 g/mol. The summed E-state index contributed by atoms with van der Waals surface area (Å²) in [6, 6.07) is 6.99. The van der Waals surface area contributed by atoms with E-state index >= 15 is 0 Å². The summed E-state index contributed by atoms with van der Waals surface area (Å²) in [5.74, 6) is 0.319. The number of hydrogen-bond donors (Lipinski definition) is 3. The zero-order valence-electron chi connectivity index (χ0n) is 23.4. The van der Waals surface area contributed by atoms with Gasteiger partial charge in [-0.3, -0.25) is 9.36 Å². The maximum atomic E-state index is 12.8. The van der Waals surface area contributed by atoms with Crippen LogP contribution >= 0.6 is 0 Å². The van der Waals surface area contributed by atoms with E-state index in [2.05, 4.69) is 15.6 Å². The third-order valence-electron chi connectivity index (χ3n) is 7.86. The minimum Gasteiger partial charge on any atom is -0.481 e. The van der Waals surface area contributed by atoms with E-state index in [1.165, 1.54) is 19.3 Å². The summed E-state index contributed by atoms with van der Waals surface area (Å²) in [5, 5.41) is 15.6. The molecule has 2 fully saturated rings. The summed E-state index contributed by atoms with van der Waals surface area (Å²) < 4.78 is 33.6. The number of anilines is 3. The molecule has 1 unspecified atom stereocenters. The third kappa shape index (κ3) is 7.73. The predicted octanol–water partition coefficient (Wildman–Crippen LogP) is 5.82. The minimum atomic E-state index is -3.43. The highest BCUT2D eigenvalue weighted by molar-refractivity contribution is 7.91. The summed E-state index contributed by atoms with van der Waals surface area (Å²) in [5.41, 5.74) is 2.11. The van der Waals surface area contributed by atoms with Crippen molar-refractivity contribution in [3.8, 4) is 0 Å². The van der Waals surface area contributed by atoms with Crippen LogP contribution in [0.2, 0.25) is 0 Å². The number of rotatable bonds is 13. The quantitative estimate of drug-likeness (QED) is 0.210. The molecule has 0 spiro atoms. The van der Waals surface area contributed by atoms with E-state index in [-0.39, 0.29) is 23.3 Å². The molecule has 0 radical (unpaired) electrons. The Balaban J connectivity index is 1.31. The van der Waals surface area contributed by atoms with Crippen LogP contribution < -0.4 is 10.6 Å². The largest absolute Gasteiger partial charge is 0.481 e. The Kier molecular flexibility index (Phi) is 9.71. The number of ether oxygens (including phenoxy) is 1. The summed E-state index contributed by atoms with van der Waals surface area (Å²) in [7, 11) is -3.43. The first-order valence-corrected chi connectivity index (χ1v) is 16.5. The SMILES string of the molecule is O=C(O)CCCCCCS(=O)(=O)c1ccc(Nc2nc(NC3CCCCC3)c3ncn(C4CCCCO4)c3n2)cc1. The average Bonchev–Trinajstić information content (AvgIpc) is 3.40. The standard InChI is InChI=1S/C29H40N6O5S/c36-25(37)13-6-1-2-9-19-41(38,39)23-16-14-22(15-17-23)32-29-33-27(31-21-10-4-3-5-11-21)26-28(34-29)35(20-30-26)24-12-7-8-18-40-24/h14-17,20-21,24H,1-13,18-19H2,(H,36,37)(H2,31,32,33,34). The van der Waals surface area contributed by atoms with Crippen LogP contribution in [0.5, 0.6) is 0 Å². The van der Waals surface area contributed by atoms with Gasteiger partial charge in [-0.2, -0.15) is 9.97 Å². The molecule has 1 aliphatic carbocycles. The van der Waals surface area contributed by atoms with Crippen molar-refractivity contribution in [2.24, 2.45) is 0 Å². The molecule has 11 nitrogen and oxygen atoms in total. The molecule has 41 heavy (non-hydrogen) atoms. The number of aliphatic carboxylic acids is 1. The van der Waals surface area contributed by atoms with Crippen molar-refractivity contribution in [1.82, 2.24) is 19.5 Å². The van der Waals surface area contributed by atoms with Gasteiger partial charge in [0.25, 0.3) is 0 Å². The normalized spacial score (nSPS) is 18.4. The van der Waals surface area contributed by atoms with Gasteiger partial charge in [-0.15, -0.1) is 0 Å².